The van der Waals surface area contributed by atoms with Crippen molar-refractivity contribution >= 4 is 39.5 Å². The number of amides is 1. The molecule has 0 unspecified atom stereocenters. The SMILES string of the molecule is Cc1cc(C)n2nc(C(=O)Nc3nc(-c4cccs4)cs3)nc2n1. The van der Waals surface area contributed by atoms with Gasteiger partial charge in [-0.2, -0.15) is 4.98 Å². The minimum absolute atomic E-state index is 0.0732. The van der Waals surface area contributed by atoms with E-state index in [0.29, 0.717) is 10.9 Å². The fourth-order valence-corrected chi connectivity index (χ4v) is 3.75. The first-order chi connectivity index (χ1) is 11.6. The molecule has 7 nitrogen and oxygen atoms in total. The summed E-state index contributed by atoms with van der Waals surface area (Å²) >= 11 is 2.97. The van der Waals surface area contributed by atoms with Gasteiger partial charge in [0.05, 0.1) is 10.6 Å². The van der Waals surface area contributed by atoms with E-state index in [9.17, 15) is 4.79 Å². The maximum atomic E-state index is 12.4. The number of thiazole rings is 1. The molecule has 0 radical (unpaired) electrons. The van der Waals surface area contributed by atoms with Crippen molar-refractivity contribution in [3.05, 3.63) is 46.2 Å². The molecule has 0 saturated heterocycles. The predicted molar refractivity (Wildman–Crippen MR) is 93.6 cm³/mol. The zero-order valence-corrected chi connectivity index (χ0v) is 14.5. The van der Waals surface area contributed by atoms with Gasteiger partial charge in [0.25, 0.3) is 11.7 Å². The van der Waals surface area contributed by atoms with E-state index in [-0.39, 0.29) is 5.82 Å². The number of nitrogens with one attached hydrogen (secondary N) is 1. The van der Waals surface area contributed by atoms with E-state index in [1.165, 1.54) is 11.3 Å². The van der Waals surface area contributed by atoms with Crippen molar-refractivity contribution in [1.82, 2.24) is 24.6 Å². The van der Waals surface area contributed by atoms with Crippen molar-refractivity contribution in [1.29, 1.82) is 0 Å². The Bertz CT molecular complexity index is 1030. The number of carbonyl (C=O) groups excluding carboxylic acids is 1. The molecule has 4 heterocycles. The van der Waals surface area contributed by atoms with Gasteiger partial charge >= 0.3 is 0 Å². The summed E-state index contributed by atoms with van der Waals surface area (Å²) in [6.07, 6.45) is 0. The van der Waals surface area contributed by atoms with E-state index >= 15 is 0 Å². The topological polar surface area (TPSA) is 85.1 Å². The number of rotatable bonds is 3. The lowest BCUT2D eigenvalue weighted by molar-refractivity contribution is 0.101. The first kappa shape index (κ1) is 14.9. The van der Waals surface area contributed by atoms with Crippen molar-refractivity contribution in [2.24, 2.45) is 0 Å². The molecule has 4 aromatic rings. The molecular formula is C15H12N6OS2. The van der Waals surface area contributed by atoms with E-state index < -0.39 is 5.91 Å². The number of thiophene rings is 1. The van der Waals surface area contributed by atoms with Crippen LogP contribution in [0.15, 0.2) is 29.0 Å². The van der Waals surface area contributed by atoms with Crippen LogP contribution in [0.2, 0.25) is 0 Å². The quantitative estimate of drug-likeness (QED) is 0.609. The molecule has 1 N–H and O–H groups in total. The molecule has 0 aliphatic heterocycles. The summed E-state index contributed by atoms with van der Waals surface area (Å²) in [7, 11) is 0. The summed E-state index contributed by atoms with van der Waals surface area (Å²) in [5.74, 6) is 0.0877. The van der Waals surface area contributed by atoms with Crippen molar-refractivity contribution in [3.63, 3.8) is 0 Å². The van der Waals surface area contributed by atoms with Crippen LogP contribution in [0.4, 0.5) is 5.13 Å². The zero-order chi connectivity index (χ0) is 16.7. The molecule has 0 fully saturated rings. The molecule has 120 valence electrons. The van der Waals surface area contributed by atoms with Crippen LogP contribution in [0.1, 0.15) is 22.0 Å². The lowest BCUT2D eigenvalue weighted by atomic mass is 10.4. The number of hydrogen-bond acceptors (Lipinski definition) is 7. The molecule has 0 aliphatic rings. The average molecular weight is 356 g/mol. The zero-order valence-electron chi connectivity index (χ0n) is 12.8. The summed E-state index contributed by atoms with van der Waals surface area (Å²) in [6.45, 7) is 3.77. The fourth-order valence-electron chi connectivity index (χ4n) is 2.28. The Morgan fingerprint density at radius 2 is 2.08 bits per heavy atom. The van der Waals surface area contributed by atoms with Gasteiger partial charge in [-0.1, -0.05) is 6.07 Å². The fraction of sp³-hybridized carbons (Fsp3) is 0.133. The van der Waals surface area contributed by atoms with Crippen LogP contribution < -0.4 is 5.32 Å². The van der Waals surface area contributed by atoms with Crippen LogP contribution in [0, 0.1) is 13.8 Å². The number of anilines is 1. The van der Waals surface area contributed by atoms with Crippen LogP contribution in [-0.4, -0.2) is 30.5 Å². The normalized spacial score (nSPS) is 11.1. The van der Waals surface area contributed by atoms with Crippen molar-refractivity contribution in [3.8, 4) is 10.6 Å². The Labute approximate surface area is 145 Å². The Morgan fingerprint density at radius 3 is 2.88 bits per heavy atom. The number of hydrogen-bond donors (Lipinski definition) is 1. The number of carbonyl (C=O) groups is 1. The molecule has 9 heteroatoms. The van der Waals surface area contributed by atoms with Gasteiger partial charge in [0.2, 0.25) is 5.82 Å². The van der Waals surface area contributed by atoms with Gasteiger partial charge in [-0.05, 0) is 31.4 Å². The second kappa shape index (κ2) is 5.77. The monoisotopic (exact) mass is 356 g/mol. The summed E-state index contributed by atoms with van der Waals surface area (Å²) in [5, 5.41) is 11.4. The highest BCUT2D eigenvalue weighted by Crippen LogP contribution is 2.28. The maximum absolute atomic E-state index is 12.4. The number of nitrogens with zero attached hydrogens (tertiary/aromatic N) is 5. The Balaban J connectivity index is 1.59. The van der Waals surface area contributed by atoms with Gasteiger partial charge in [0, 0.05) is 16.8 Å². The van der Waals surface area contributed by atoms with Gasteiger partial charge in [0.1, 0.15) is 0 Å². The highest BCUT2D eigenvalue weighted by Gasteiger charge is 2.17. The average Bonchev–Trinajstić information content (AvgIpc) is 3.26. The van der Waals surface area contributed by atoms with Crippen LogP contribution in [0.25, 0.3) is 16.3 Å². The summed E-state index contributed by atoms with van der Waals surface area (Å²) in [6, 6.07) is 5.85. The second-order valence-corrected chi connectivity index (χ2v) is 6.96. The van der Waals surface area contributed by atoms with Crippen molar-refractivity contribution < 1.29 is 4.79 Å². The Hall–Kier alpha value is -2.65. The molecule has 4 aromatic heterocycles. The molecular weight excluding hydrogens is 344 g/mol. The molecule has 4 rings (SSSR count). The minimum Gasteiger partial charge on any atom is -0.295 e. The van der Waals surface area contributed by atoms with Gasteiger partial charge in [-0.25, -0.2) is 14.5 Å². The van der Waals surface area contributed by atoms with Crippen LogP contribution >= 0.6 is 22.7 Å². The summed E-state index contributed by atoms with van der Waals surface area (Å²) in [5.41, 5.74) is 2.56. The predicted octanol–water partition coefficient (Wildman–Crippen LogP) is 3.18. The van der Waals surface area contributed by atoms with Crippen LogP contribution in [-0.2, 0) is 0 Å². The summed E-state index contributed by atoms with van der Waals surface area (Å²) < 4.78 is 1.56. The summed E-state index contributed by atoms with van der Waals surface area (Å²) in [4.78, 5) is 26.3. The molecule has 0 aromatic carbocycles. The third-order valence-electron chi connectivity index (χ3n) is 3.32. The molecule has 1 amide bonds. The lowest BCUT2D eigenvalue weighted by Gasteiger charge is -1.97. The van der Waals surface area contributed by atoms with Gasteiger partial charge < -0.3 is 0 Å². The second-order valence-electron chi connectivity index (χ2n) is 5.16. The molecule has 0 atom stereocenters. The van der Waals surface area contributed by atoms with E-state index in [0.717, 1.165) is 22.0 Å². The Kier molecular flexibility index (Phi) is 3.58. The highest BCUT2D eigenvalue weighted by atomic mass is 32.1. The van der Waals surface area contributed by atoms with E-state index in [4.69, 9.17) is 0 Å². The molecule has 0 saturated carbocycles. The van der Waals surface area contributed by atoms with Crippen molar-refractivity contribution in [2.75, 3.05) is 5.32 Å². The molecule has 0 bridgehead atoms. The largest absolute Gasteiger partial charge is 0.297 e. The smallest absolute Gasteiger partial charge is 0.295 e. The minimum atomic E-state index is -0.398. The lowest BCUT2D eigenvalue weighted by Crippen LogP contribution is -2.13. The maximum Gasteiger partial charge on any atom is 0.297 e. The van der Waals surface area contributed by atoms with Gasteiger partial charge in [-0.15, -0.1) is 27.8 Å². The third kappa shape index (κ3) is 2.68. The van der Waals surface area contributed by atoms with Crippen molar-refractivity contribution in [2.45, 2.75) is 13.8 Å². The van der Waals surface area contributed by atoms with Gasteiger partial charge in [-0.3, -0.25) is 10.1 Å². The van der Waals surface area contributed by atoms with Gasteiger partial charge in [0.15, 0.2) is 5.13 Å². The Morgan fingerprint density at radius 1 is 1.21 bits per heavy atom. The van der Waals surface area contributed by atoms with Crippen LogP contribution in [0.3, 0.4) is 0 Å². The van der Waals surface area contributed by atoms with E-state index in [1.54, 1.807) is 15.9 Å². The highest BCUT2D eigenvalue weighted by molar-refractivity contribution is 7.16. The molecule has 0 spiro atoms. The molecule has 0 aliphatic carbocycles. The van der Waals surface area contributed by atoms with E-state index in [2.05, 4.69) is 25.4 Å². The first-order valence-corrected chi connectivity index (χ1v) is 8.88. The van der Waals surface area contributed by atoms with Crippen LogP contribution in [0.5, 0.6) is 0 Å². The first-order valence-electron chi connectivity index (χ1n) is 7.12. The number of fused-ring (bicyclic) bond motifs is 1. The standard InChI is InChI=1S/C15H12N6OS2/c1-8-6-9(2)21-14(16-8)18-12(20-21)13(22)19-15-17-10(7-24-15)11-4-3-5-23-11/h3-7H,1-2H3,(H,17,19,22). The number of aromatic nitrogens is 5. The molecule has 24 heavy (non-hydrogen) atoms. The third-order valence-corrected chi connectivity index (χ3v) is 4.97. The number of aryl methyl sites for hydroxylation is 2. The van der Waals surface area contributed by atoms with E-state index in [1.807, 2.05) is 42.8 Å².